The highest BCUT2D eigenvalue weighted by Gasteiger charge is 2.60. The summed E-state index contributed by atoms with van der Waals surface area (Å²) in [6.45, 7) is 10.6. The number of aromatic nitrogens is 1. The van der Waals surface area contributed by atoms with E-state index in [2.05, 4.69) is 25.4 Å². The lowest BCUT2D eigenvalue weighted by atomic mass is 9.46. The first-order valence-electron chi connectivity index (χ1n) is 13.1. The van der Waals surface area contributed by atoms with Crippen molar-refractivity contribution in [1.29, 1.82) is 0 Å². The van der Waals surface area contributed by atoms with Crippen molar-refractivity contribution in [1.82, 2.24) is 4.98 Å². The zero-order valence-electron chi connectivity index (χ0n) is 20.6. The number of nitrogens with zero attached hydrogens (tertiary/aromatic N) is 1. The van der Waals surface area contributed by atoms with Gasteiger partial charge >= 0.3 is 5.97 Å². The number of carboxylic acids is 1. The monoisotopic (exact) mass is 469 g/mol. The average Bonchev–Trinajstić information content (AvgIpc) is 3.35. The molecule has 0 bridgehead atoms. The summed E-state index contributed by atoms with van der Waals surface area (Å²) in [7, 11) is 0. The van der Waals surface area contributed by atoms with Gasteiger partial charge in [0.1, 0.15) is 11.3 Å². The highest BCUT2D eigenvalue weighted by atomic mass is 16.7. The summed E-state index contributed by atoms with van der Waals surface area (Å²) in [6.07, 6.45) is 13.4. The molecule has 4 fully saturated rings. The number of rotatable bonds is 6. The quantitative estimate of drug-likeness (QED) is 0.525. The van der Waals surface area contributed by atoms with Crippen LogP contribution in [-0.2, 0) is 9.47 Å². The Labute approximate surface area is 203 Å². The summed E-state index contributed by atoms with van der Waals surface area (Å²) in [6, 6.07) is 1.63. The zero-order chi connectivity index (χ0) is 23.9. The summed E-state index contributed by atoms with van der Waals surface area (Å²) in [4.78, 5) is 15.4. The van der Waals surface area contributed by atoms with Crippen LogP contribution in [0.2, 0.25) is 0 Å². The maximum Gasteiger partial charge on any atom is 0.341 e. The molecule has 0 aromatic carbocycles. The van der Waals surface area contributed by atoms with E-state index in [1.165, 1.54) is 37.5 Å². The number of carboxylic acid groups (broad SMARTS) is 1. The van der Waals surface area contributed by atoms with Crippen LogP contribution >= 0.6 is 0 Å². The molecule has 1 aliphatic heterocycles. The van der Waals surface area contributed by atoms with E-state index in [0.717, 1.165) is 38.7 Å². The van der Waals surface area contributed by atoms with Crippen LogP contribution in [0.3, 0.4) is 0 Å². The third-order valence-corrected chi connectivity index (χ3v) is 9.63. The third kappa shape index (κ3) is 4.07. The van der Waals surface area contributed by atoms with E-state index in [-0.39, 0.29) is 28.8 Å². The molecule has 6 heteroatoms. The molecule has 5 rings (SSSR count). The second-order valence-corrected chi connectivity index (χ2v) is 11.5. The molecule has 186 valence electrons. The number of aromatic carboxylic acids is 1. The van der Waals surface area contributed by atoms with Gasteiger partial charge in [0.25, 0.3) is 0 Å². The van der Waals surface area contributed by atoms with Crippen molar-refractivity contribution in [3.05, 3.63) is 36.2 Å². The van der Waals surface area contributed by atoms with Crippen molar-refractivity contribution in [2.24, 2.45) is 28.6 Å². The fraction of sp³-hybridized carbons (Fsp3) is 0.714. The molecule has 6 nitrogen and oxygen atoms in total. The number of allylic oxidation sites excluding steroid dienone is 1. The molecule has 3 aliphatic carbocycles. The Balaban J connectivity index is 1.29. The molecule has 1 saturated heterocycles. The van der Waals surface area contributed by atoms with Gasteiger partial charge in [-0.2, -0.15) is 0 Å². The predicted molar refractivity (Wildman–Crippen MR) is 129 cm³/mol. The molecular weight excluding hydrogens is 430 g/mol. The fourth-order valence-electron chi connectivity index (χ4n) is 7.82. The first-order valence-corrected chi connectivity index (χ1v) is 13.1. The molecule has 1 N–H and O–H groups in total. The molecule has 34 heavy (non-hydrogen) atoms. The van der Waals surface area contributed by atoms with Gasteiger partial charge in [0.05, 0.1) is 19.3 Å². The number of ether oxygens (including phenoxy) is 3. The summed E-state index contributed by atoms with van der Waals surface area (Å²) < 4.78 is 19.1. The van der Waals surface area contributed by atoms with Crippen LogP contribution in [-0.4, -0.2) is 41.7 Å². The van der Waals surface area contributed by atoms with Crippen LogP contribution in [0.1, 0.15) is 82.0 Å². The molecule has 3 saturated carbocycles. The number of hydrogen-bond donors (Lipinski definition) is 1. The van der Waals surface area contributed by atoms with Gasteiger partial charge in [-0.05, 0) is 68.3 Å². The number of carbonyl (C=O) groups is 1. The minimum atomic E-state index is -1.02. The van der Waals surface area contributed by atoms with Crippen molar-refractivity contribution in [3.63, 3.8) is 0 Å². The lowest BCUT2D eigenvalue weighted by molar-refractivity contribution is -0.316. The van der Waals surface area contributed by atoms with Gasteiger partial charge in [-0.1, -0.05) is 38.8 Å². The van der Waals surface area contributed by atoms with E-state index < -0.39 is 5.97 Å². The van der Waals surface area contributed by atoms with Crippen molar-refractivity contribution < 1.29 is 24.1 Å². The van der Waals surface area contributed by atoms with Gasteiger partial charge in [0.2, 0.25) is 0 Å². The Morgan fingerprint density at radius 3 is 2.79 bits per heavy atom. The molecule has 4 aliphatic rings. The molecule has 1 aromatic heterocycles. The lowest BCUT2D eigenvalue weighted by Gasteiger charge is -2.63. The molecule has 6 atom stereocenters. The van der Waals surface area contributed by atoms with Crippen LogP contribution in [0.4, 0.5) is 0 Å². The summed E-state index contributed by atoms with van der Waals surface area (Å²) in [5.41, 5.74) is 1.54. The van der Waals surface area contributed by atoms with Gasteiger partial charge in [0.15, 0.2) is 6.29 Å². The molecule has 2 unspecified atom stereocenters. The largest absolute Gasteiger partial charge is 0.493 e. The Morgan fingerprint density at radius 1 is 1.24 bits per heavy atom. The van der Waals surface area contributed by atoms with E-state index in [4.69, 9.17) is 14.2 Å². The number of hydrogen-bond acceptors (Lipinski definition) is 5. The van der Waals surface area contributed by atoms with Crippen LogP contribution in [0, 0.1) is 28.6 Å². The van der Waals surface area contributed by atoms with E-state index in [1.54, 1.807) is 12.3 Å². The van der Waals surface area contributed by atoms with Crippen LogP contribution in [0.25, 0.3) is 0 Å². The Morgan fingerprint density at radius 2 is 2.03 bits per heavy atom. The predicted octanol–water partition coefficient (Wildman–Crippen LogP) is 5.87. The molecular formula is C28H39NO5. The minimum Gasteiger partial charge on any atom is -0.493 e. The van der Waals surface area contributed by atoms with Gasteiger partial charge in [-0.15, -0.1) is 0 Å². The van der Waals surface area contributed by atoms with Crippen LogP contribution < -0.4 is 4.74 Å². The van der Waals surface area contributed by atoms with Crippen molar-refractivity contribution in [2.75, 3.05) is 13.2 Å². The number of pyridine rings is 1. The first kappa shape index (κ1) is 23.8. The van der Waals surface area contributed by atoms with E-state index in [1.807, 2.05) is 0 Å². The Kier molecular flexibility index (Phi) is 6.49. The summed E-state index contributed by atoms with van der Waals surface area (Å²) in [5.74, 6) is 0.781. The maximum absolute atomic E-state index is 11.5. The molecule has 0 spiro atoms. The fourth-order valence-corrected chi connectivity index (χ4v) is 7.82. The topological polar surface area (TPSA) is 77.9 Å². The standard InChI is InChI=1S/C28H39NO5/c1-18-8-9-23-27(2,21(18)12-15-32-22-11-14-29-16-20(22)25(30)31)13-10-24-28(23,3)17-33-26(34-24)19-6-4-5-7-19/h11,14,16,19,21,23-24,26H,1,4-10,12-13,15,17H2,2-3H3,(H,30,31)/t21-,23?,24-,26-,27?,28+/m1/s1. The zero-order valence-corrected chi connectivity index (χ0v) is 20.6. The number of fused-ring (bicyclic) bond motifs is 3. The second-order valence-electron chi connectivity index (χ2n) is 11.5. The SMILES string of the molecule is C=C1CCC2C(C)(CC[C@H]3O[C@H](C4CCCC4)OC[C@@]23C)[C@@H]1CCOc1ccncc1C(=O)O. The van der Waals surface area contributed by atoms with Crippen LogP contribution in [0.15, 0.2) is 30.6 Å². The van der Waals surface area contributed by atoms with Crippen molar-refractivity contribution in [2.45, 2.75) is 84.0 Å². The van der Waals surface area contributed by atoms with Gasteiger partial charge in [-0.3, -0.25) is 4.98 Å². The highest BCUT2D eigenvalue weighted by Crippen LogP contribution is 2.63. The molecule has 1 aromatic rings. The average molecular weight is 470 g/mol. The van der Waals surface area contributed by atoms with Gasteiger partial charge in [0, 0.05) is 23.7 Å². The van der Waals surface area contributed by atoms with Gasteiger partial charge < -0.3 is 19.3 Å². The highest BCUT2D eigenvalue weighted by molar-refractivity contribution is 5.90. The smallest absolute Gasteiger partial charge is 0.341 e. The van der Waals surface area contributed by atoms with Crippen molar-refractivity contribution >= 4 is 5.97 Å². The molecule has 0 amide bonds. The Bertz CT molecular complexity index is 927. The van der Waals surface area contributed by atoms with E-state index in [9.17, 15) is 9.90 Å². The summed E-state index contributed by atoms with van der Waals surface area (Å²) in [5, 5.41) is 9.42. The molecule has 2 heterocycles. The maximum atomic E-state index is 11.5. The molecule has 0 radical (unpaired) electrons. The van der Waals surface area contributed by atoms with E-state index in [0.29, 0.717) is 30.1 Å². The van der Waals surface area contributed by atoms with Gasteiger partial charge in [-0.25, -0.2) is 4.79 Å². The van der Waals surface area contributed by atoms with Crippen LogP contribution in [0.5, 0.6) is 5.75 Å². The second kappa shape index (κ2) is 9.27. The Hall–Kier alpha value is -1.92. The normalized spacial score (nSPS) is 38.2. The van der Waals surface area contributed by atoms with E-state index >= 15 is 0 Å². The minimum absolute atomic E-state index is 0.0172. The van der Waals surface area contributed by atoms with Crippen molar-refractivity contribution in [3.8, 4) is 5.75 Å². The first-order chi connectivity index (χ1) is 16.3. The summed E-state index contributed by atoms with van der Waals surface area (Å²) >= 11 is 0. The third-order valence-electron chi connectivity index (χ3n) is 9.63. The lowest BCUT2D eigenvalue weighted by Crippen LogP contribution is -2.62.